The van der Waals surface area contributed by atoms with E-state index >= 15 is 0 Å². The number of hydrogen-bond acceptors (Lipinski definition) is 8. The first-order valence-corrected chi connectivity index (χ1v) is 11.2. The Bertz CT molecular complexity index is 1330. The largest absolute Gasteiger partial charge is 0.383 e. The van der Waals surface area contributed by atoms with Gasteiger partial charge in [-0.05, 0) is 64.8 Å². The molecular formula is C23H20BrN7O2. The minimum absolute atomic E-state index is 0.175. The molecule has 33 heavy (non-hydrogen) atoms. The molecule has 0 bridgehead atoms. The molecule has 0 fully saturated rings. The van der Waals surface area contributed by atoms with Crippen molar-refractivity contribution in [2.45, 2.75) is 32.7 Å². The maximum Gasteiger partial charge on any atom is 0.254 e. The number of fused-ring (bicyclic) bond motifs is 3. The van der Waals surface area contributed by atoms with E-state index in [1.54, 1.807) is 35.5 Å². The van der Waals surface area contributed by atoms with Crippen LogP contribution in [0.2, 0.25) is 0 Å². The minimum Gasteiger partial charge on any atom is -0.383 e. The number of anilines is 1. The second-order valence-electron chi connectivity index (χ2n) is 7.74. The maximum absolute atomic E-state index is 13.8. The molecule has 166 valence electrons. The van der Waals surface area contributed by atoms with Crippen LogP contribution >= 0.6 is 15.9 Å². The van der Waals surface area contributed by atoms with Crippen LogP contribution in [-0.2, 0) is 24.5 Å². The lowest BCUT2D eigenvalue weighted by atomic mass is 10.0. The highest BCUT2D eigenvalue weighted by Gasteiger charge is 2.27. The lowest BCUT2D eigenvalue weighted by Gasteiger charge is -2.28. The molecule has 9 nitrogen and oxygen atoms in total. The normalized spacial score (nSPS) is 13.6. The van der Waals surface area contributed by atoms with Crippen molar-refractivity contribution in [3.05, 3.63) is 81.6 Å². The van der Waals surface area contributed by atoms with E-state index in [0.717, 1.165) is 22.0 Å². The Morgan fingerprint density at radius 3 is 2.70 bits per heavy atom. The fourth-order valence-corrected chi connectivity index (χ4v) is 4.13. The van der Waals surface area contributed by atoms with Crippen LogP contribution in [0, 0.1) is 0 Å². The second-order valence-corrected chi connectivity index (χ2v) is 8.55. The standard InChI is InChI=1S/C23H20BrN7O2/c1-13(22-26-7-2-8-27-22)31(10-15-4-6-20(24)30-29-15)23(32)14-3-5-19-16(9-14)17-11-33-12-18(17)21(25)28-19/h2-9,13H,10-12H2,1H3,(H2,25,28)/t13-/m1/s1. The fourth-order valence-electron chi connectivity index (χ4n) is 3.92. The third kappa shape index (κ3) is 4.14. The highest BCUT2D eigenvalue weighted by atomic mass is 79.9. The molecule has 0 saturated heterocycles. The Hall–Kier alpha value is -3.50. The van der Waals surface area contributed by atoms with E-state index in [0.29, 0.717) is 40.7 Å². The Morgan fingerprint density at radius 2 is 1.94 bits per heavy atom. The number of carbonyl (C=O) groups is 1. The van der Waals surface area contributed by atoms with Crippen LogP contribution < -0.4 is 5.73 Å². The predicted molar refractivity (Wildman–Crippen MR) is 125 cm³/mol. The van der Waals surface area contributed by atoms with Crippen LogP contribution in [0.25, 0.3) is 10.9 Å². The summed E-state index contributed by atoms with van der Waals surface area (Å²) >= 11 is 3.30. The predicted octanol–water partition coefficient (Wildman–Crippen LogP) is 3.59. The van der Waals surface area contributed by atoms with E-state index in [-0.39, 0.29) is 12.5 Å². The molecule has 0 unspecified atom stereocenters. The molecule has 0 saturated carbocycles. The second kappa shape index (κ2) is 8.80. The summed E-state index contributed by atoms with van der Waals surface area (Å²) in [4.78, 5) is 28.6. The number of halogens is 1. The van der Waals surface area contributed by atoms with Crippen molar-refractivity contribution in [1.82, 2.24) is 30.0 Å². The van der Waals surface area contributed by atoms with Gasteiger partial charge in [0.2, 0.25) is 0 Å². The number of nitrogens with two attached hydrogens (primary N) is 1. The van der Waals surface area contributed by atoms with Gasteiger partial charge in [-0.25, -0.2) is 15.0 Å². The summed E-state index contributed by atoms with van der Waals surface area (Å²) in [7, 11) is 0. The molecule has 0 radical (unpaired) electrons. The Kier molecular flexibility index (Phi) is 5.69. The Balaban J connectivity index is 1.55. The van der Waals surface area contributed by atoms with Gasteiger partial charge in [-0.1, -0.05) is 0 Å². The SMILES string of the molecule is C[C@H](c1ncccn1)N(Cc1ccc(Br)nn1)C(=O)c1ccc2nc(N)c3c(c2c1)COC3. The smallest absolute Gasteiger partial charge is 0.254 e. The van der Waals surface area contributed by atoms with Crippen molar-refractivity contribution in [1.29, 1.82) is 0 Å². The van der Waals surface area contributed by atoms with Gasteiger partial charge in [-0.2, -0.15) is 5.10 Å². The molecule has 0 aliphatic carbocycles. The van der Waals surface area contributed by atoms with Crippen molar-refractivity contribution in [2.75, 3.05) is 5.73 Å². The number of amides is 1. The first-order valence-electron chi connectivity index (χ1n) is 10.4. The van der Waals surface area contributed by atoms with Crippen LogP contribution in [0.4, 0.5) is 5.82 Å². The van der Waals surface area contributed by atoms with Crippen molar-refractivity contribution in [3.63, 3.8) is 0 Å². The van der Waals surface area contributed by atoms with Crippen molar-refractivity contribution in [3.8, 4) is 0 Å². The molecule has 4 heterocycles. The summed E-state index contributed by atoms with van der Waals surface area (Å²) in [6, 6.07) is 10.4. The van der Waals surface area contributed by atoms with Crippen LogP contribution in [0.15, 0.2) is 53.4 Å². The minimum atomic E-state index is -0.390. The van der Waals surface area contributed by atoms with E-state index in [1.807, 2.05) is 25.1 Å². The molecule has 1 amide bonds. The number of nitrogen functional groups attached to an aromatic ring is 1. The first-order chi connectivity index (χ1) is 16.0. The summed E-state index contributed by atoms with van der Waals surface area (Å²) in [5, 5.41) is 9.12. The lowest BCUT2D eigenvalue weighted by Crippen LogP contribution is -2.34. The average molecular weight is 506 g/mol. The van der Waals surface area contributed by atoms with Crippen LogP contribution in [0.3, 0.4) is 0 Å². The zero-order valence-corrected chi connectivity index (χ0v) is 19.4. The molecule has 1 aliphatic heterocycles. The first kappa shape index (κ1) is 21.4. The lowest BCUT2D eigenvalue weighted by molar-refractivity contribution is 0.0663. The topological polar surface area (TPSA) is 120 Å². The molecule has 4 aromatic rings. The Morgan fingerprint density at radius 1 is 1.15 bits per heavy atom. The van der Waals surface area contributed by atoms with E-state index in [4.69, 9.17) is 10.5 Å². The van der Waals surface area contributed by atoms with Gasteiger partial charge in [0.05, 0.1) is 37.0 Å². The molecule has 1 aliphatic rings. The molecule has 1 atom stereocenters. The number of carbonyl (C=O) groups excluding carboxylic acids is 1. The highest BCUT2D eigenvalue weighted by Crippen LogP contribution is 2.32. The van der Waals surface area contributed by atoms with Gasteiger partial charge < -0.3 is 15.4 Å². The van der Waals surface area contributed by atoms with Gasteiger partial charge in [-0.3, -0.25) is 4.79 Å². The van der Waals surface area contributed by atoms with Crippen LogP contribution in [0.5, 0.6) is 0 Å². The molecule has 0 spiro atoms. The third-order valence-electron chi connectivity index (χ3n) is 5.68. The number of benzene rings is 1. The van der Waals surface area contributed by atoms with E-state index in [1.165, 1.54) is 0 Å². The van der Waals surface area contributed by atoms with Gasteiger partial charge in [0.15, 0.2) is 0 Å². The van der Waals surface area contributed by atoms with Gasteiger partial charge in [0.25, 0.3) is 5.91 Å². The fraction of sp³-hybridized carbons (Fsp3) is 0.217. The maximum atomic E-state index is 13.8. The number of pyridine rings is 1. The van der Waals surface area contributed by atoms with Crippen molar-refractivity contribution in [2.24, 2.45) is 0 Å². The third-order valence-corrected chi connectivity index (χ3v) is 6.11. The number of nitrogens with zero attached hydrogens (tertiary/aromatic N) is 6. The number of hydrogen-bond donors (Lipinski definition) is 1. The van der Waals surface area contributed by atoms with E-state index in [9.17, 15) is 4.79 Å². The van der Waals surface area contributed by atoms with Gasteiger partial charge in [-0.15, -0.1) is 5.10 Å². The van der Waals surface area contributed by atoms with Crippen LogP contribution in [-0.4, -0.2) is 36.0 Å². The van der Waals surface area contributed by atoms with Gasteiger partial charge in [0.1, 0.15) is 16.2 Å². The summed E-state index contributed by atoms with van der Waals surface area (Å²) < 4.78 is 6.21. The van der Waals surface area contributed by atoms with Gasteiger partial charge >= 0.3 is 0 Å². The van der Waals surface area contributed by atoms with Crippen molar-refractivity contribution < 1.29 is 9.53 Å². The quantitative estimate of drug-likeness (QED) is 0.436. The highest BCUT2D eigenvalue weighted by molar-refractivity contribution is 9.10. The number of rotatable bonds is 5. The number of aromatic nitrogens is 5. The monoisotopic (exact) mass is 505 g/mol. The molecule has 3 aromatic heterocycles. The van der Waals surface area contributed by atoms with Gasteiger partial charge in [0, 0.05) is 28.9 Å². The summed E-state index contributed by atoms with van der Waals surface area (Å²) in [5.41, 5.74) is 9.87. The summed E-state index contributed by atoms with van der Waals surface area (Å²) in [6.45, 7) is 3.02. The Labute approximate surface area is 198 Å². The van der Waals surface area contributed by atoms with Crippen LogP contribution in [0.1, 0.15) is 46.0 Å². The van der Waals surface area contributed by atoms with E-state index in [2.05, 4.69) is 41.1 Å². The van der Waals surface area contributed by atoms with Crippen molar-refractivity contribution >= 4 is 38.6 Å². The number of ether oxygens (including phenoxy) is 1. The molecule has 1 aromatic carbocycles. The zero-order chi connectivity index (χ0) is 22.9. The summed E-state index contributed by atoms with van der Waals surface area (Å²) in [5.74, 6) is 0.839. The molecule has 10 heteroatoms. The zero-order valence-electron chi connectivity index (χ0n) is 17.8. The average Bonchev–Trinajstić information content (AvgIpc) is 3.34. The van der Waals surface area contributed by atoms with E-state index < -0.39 is 6.04 Å². The molecule has 5 rings (SSSR count). The molecular weight excluding hydrogens is 486 g/mol. The molecule has 2 N–H and O–H groups in total. The summed E-state index contributed by atoms with van der Waals surface area (Å²) in [6.07, 6.45) is 3.33.